The number of hydrogen-bond acceptors (Lipinski definition) is 4. The molecule has 0 spiro atoms. The molecule has 1 unspecified atom stereocenters. The van der Waals surface area contributed by atoms with Crippen LogP contribution < -0.4 is 5.32 Å². The van der Waals surface area contributed by atoms with Gasteiger partial charge in [-0.2, -0.15) is 0 Å². The van der Waals surface area contributed by atoms with E-state index in [0.29, 0.717) is 25.9 Å². The first-order valence-electron chi connectivity index (χ1n) is 5.85. The van der Waals surface area contributed by atoms with Gasteiger partial charge in [0, 0.05) is 6.54 Å². The lowest BCUT2D eigenvalue weighted by Gasteiger charge is -2.31. The fraction of sp³-hybridized carbons (Fsp3) is 0.727. The molecular formula is C11H18N2O5. The minimum Gasteiger partial charge on any atom is -0.480 e. The van der Waals surface area contributed by atoms with Crippen molar-refractivity contribution in [1.82, 2.24) is 10.2 Å². The molecule has 0 saturated carbocycles. The summed E-state index contributed by atoms with van der Waals surface area (Å²) in [5, 5.41) is 20.5. The molecular weight excluding hydrogens is 240 g/mol. The molecule has 1 aliphatic heterocycles. The standard InChI is InChI=1S/C11H18N2O5/c1-2-11(3-4-12-7-11)10(18)13(5-8(14)15)6-9(16)17/h12H,2-7H2,1H3,(H,14,15)(H,16,17). The Morgan fingerprint density at radius 1 is 1.22 bits per heavy atom. The summed E-state index contributed by atoms with van der Waals surface area (Å²) in [7, 11) is 0. The van der Waals surface area contributed by atoms with Gasteiger partial charge < -0.3 is 20.4 Å². The molecule has 1 rings (SSSR count). The van der Waals surface area contributed by atoms with Gasteiger partial charge >= 0.3 is 11.9 Å². The van der Waals surface area contributed by atoms with Crippen molar-refractivity contribution in [2.24, 2.45) is 5.41 Å². The number of aliphatic carboxylic acids is 2. The highest BCUT2D eigenvalue weighted by Gasteiger charge is 2.42. The fourth-order valence-electron chi connectivity index (χ4n) is 2.24. The molecule has 102 valence electrons. The molecule has 7 heteroatoms. The average molecular weight is 258 g/mol. The van der Waals surface area contributed by atoms with Gasteiger partial charge in [-0.15, -0.1) is 0 Å². The maximum atomic E-state index is 12.3. The van der Waals surface area contributed by atoms with Gasteiger partial charge in [0.15, 0.2) is 0 Å². The summed E-state index contributed by atoms with van der Waals surface area (Å²) in [5.41, 5.74) is -0.662. The van der Waals surface area contributed by atoms with Crippen LogP contribution in [0.5, 0.6) is 0 Å². The van der Waals surface area contributed by atoms with Gasteiger partial charge in [-0.1, -0.05) is 6.92 Å². The van der Waals surface area contributed by atoms with E-state index in [4.69, 9.17) is 10.2 Å². The van der Waals surface area contributed by atoms with Gasteiger partial charge in [-0.3, -0.25) is 14.4 Å². The van der Waals surface area contributed by atoms with Crippen LogP contribution in [-0.2, 0) is 14.4 Å². The van der Waals surface area contributed by atoms with Crippen molar-refractivity contribution in [3.63, 3.8) is 0 Å². The predicted octanol–water partition coefficient (Wildman–Crippen LogP) is -0.626. The van der Waals surface area contributed by atoms with Gasteiger partial charge in [0.2, 0.25) is 5.91 Å². The second-order valence-electron chi connectivity index (χ2n) is 4.51. The minimum absolute atomic E-state index is 0.389. The van der Waals surface area contributed by atoms with E-state index in [0.717, 1.165) is 4.90 Å². The summed E-state index contributed by atoms with van der Waals surface area (Å²) in [5.74, 6) is -2.80. The molecule has 0 aromatic carbocycles. The van der Waals surface area contributed by atoms with Gasteiger partial charge in [-0.05, 0) is 19.4 Å². The third-order valence-electron chi connectivity index (χ3n) is 3.31. The highest BCUT2D eigenvalue weighted by atomic mass is 16.4. The molecule has 1 heterocycles. The van der Waals surface area contributed by atoms with Crippen molar-refractivity contribution >= 4 is 17.8 Å². The van der Waals surface area contributed by atoms with E-state index in [1.165, 1.54) is 0 Å². The number of nitrogens with one attached hydrogen (secondary N) is 1. The monoisotopic (exact) mass is 258 g/mol. The number of nitrogens with zero attached hydrogens (tertiary/aromatic N) is 1. The van der Waals surface area contributed by atoms with Crippen molar-refractivity contribution in [2.45, 2.75) is 19.8 Å². The smallest absolute Gasteiger partial charge is 0.323 e. The molecule has 0 bridgehead atoms. The Morgan fingerprint density at radius 2 is 1.78 bits per heavy atom. The number of amides is 1. The zero-order valence-corrected chi connectivity index (χ0v) is 10.3. The lowest BCUT2D eigenvalue weighted by Crippen LogP contribution is -2.48. The number of carboxylic acids is 2. The van der Waals surface area contributed by atoms with Gasteiger partial charge in [0.25, 0.3) is 0 Å². The van der Waals surface area contributed by atoms with E-state index < -0.39 is 30.4 Å². The Hall–Kier alpha value is -1.63. The van der Waals surface area contributed by atoms with Crippen LogP contribution in [0.2, 0.25) is 0 Å². The van der Waals surface area contributed by atoms with Gasteiger partial charge in [-0.25, -0.2) is 0 Å². The van der Waals surface area contributed by atoms with E-state index in [1.54, 1.807) is 0 Å². The van der Waals surface area contributed by atoms with E-state index in [9.17, 15) is 14.4 Å². The highest BCUT2D eigenvalue weighted by Crippen LogP contribution is 2.31. The van der Waals surface area contributed by atoms with Crippen molar-refractivity contribution < 1.29 is 24.6 Å². The van der Waals surface area contributed by atoms with Crippen molar-refractivity contribution in [3.8, 4) is 0 Å². The number of carboxylic acid groups (broad SMARTS) is 2. The normalized spacial score (nSPS) is 22.7. The van der Waals surface area contributed by atoms with Crippen LogP contribution in [0.4, 0.5) is 0 Å². The summed E-state index contributed by atoms with van der Waals surface area (Å²) < 4.78 is 0. The van der Waals surface area contributed by atoms with E-state index in [1.807, 2.05) is 6.92 Å². The maximum absolute atomic E-state index is 12.3. The van der Waals surface area contributed by atoms with E-state index in [-0.39, 0.29) is 5.91 Å². The van der Waals surface area contributed by atoms with Crippen LogP contribution in [0.15, 0.2) is 0 Å². The first-order valence-corrected chi connectivity index (χ1v) is 5.85. The molecule has 1 fully saturated rings. The molecule has 1 atom stereocenters. The molecule has 1 aliphatic rings. The highest BCUT2D eigenvalue weighted by molar-refractivity contribution is 5.89. The van der Waals surface area contributed by atoms with Gasteiger partial charge in [0.1, 0.15) is 13.1 Å². The average Bonchev–Trinajstić information content (AvgIpc) is 2.75. The zero-order valence-electron chi connectivity index (χ0n) is 10.3. The topological polar surface area (TPSA) is 107 Å². The largest absolute Gasteiger partial charge is 0.480 e. The van der Waals surface area contributed by atoms with Crippen LogP contribution in [0.1, 0.15) is 19.8 Å². The predicted molar refractivity (Wildman–Crippen MR) is 62.1 cm³/mol. The lowest BCUT2D eigenvalue weighted by molar-refractivity contribution is -0.154. The molecule has 1 amide bonds. The van der Waals surface area contributed by atoms with Crippen LogP contribution in [-0.4, -0.2) is 59.1 Å². The second kappa shape index (κ2) is 5.81. The van der Waals surface area contributed by atoms with Crippen LogP contribution in [0, 0.1) is 5.41 Å². The van der Waals surface area contributed by atoms with E-state index >= 15 is 0 Å². The summed E-state index contributed by atoms with van der Waals surface area (Å²) in [6.07, 6.45) is 1.17. The second-order valence-corrected chi connectivity index (χ2v) is 4.51. The Kier molecular flexibility index (Phi) is 4.66. The fourth-order valence-corrected chi connectivity index (χ4v) is 2.24. The van der Waals surface area contributed by atoms with Gasteiger partial charge in [0.05, 0.1) is 5.41 Å². The lowest BCUT2D eigenvalue weighted by atomic mass is 9.82. The first kappa shape index (κ1) is 14.4. The molecule has 0 radical (unpaired) electrons. The number of rotatable bonds is 6. The Labute approximate surface area is 105 Å². The Bertz CT molecular complexity index is 333. The van der Waals surface area contributed by atoms with Crippen LogP contribution in [0.3, 0.4) is 0 Å². The molecule has 0 aliphatic carbocycles. The number of hydrogen-bond donors (Lipinski definition) is 3. The van der Waals surface area contributed by atoms with Crippen LogP contribution >= 0.6 is 0 Å². The Morgan fingerprint density at radius 3 is 2.11 bits per heavy atom. The summed E-state index contributed by atoms with van der Waals surface area (Å²) in [4.78, 5) is 34.6. The molecule has 7 nitrogen and oxygen atoms in total. The van der Waals surface area contributed by atoms with Crippen molar-refractivity contribution in [1.29, 1.82) is 0 Å². The Balaban J connectivity index is 2.85. The summed E-state index contributed by atoms with van der Waals surface area (Å²) >= 11 is 0. The molecule has 3 N–H and O–H groups in total. The zero-order chi connectivity index (χ0) is 13.8. The molecule has 18 heavy (non-hydrogen) atoms. The number of carbonyl (C=O) groups is 3. The van der Waals surface area contributed by atoms with Crippen molar-refractivity contribution in [2.75, 3.05) is 26.2 Å². The third-order valence-corrected chi connectivity index (χ3v) is 3.31. The first-order chi connectivity index (χ1) is 8.41. The van der Waals surface area contributed by atoms with E-state index in [2.05, 4.69) is 5.32 Å². The summed E-state index contributed by atoms with van der Waals surface area (Å²) in [6, 6.07) is 0. The molecule has 0 aromatic heterocycles. The number of carbonyl (C=O) groups excluding carboxylic acids is 1. The third kappa shape index (κ3) is 3.19. The van der Waals surface area contributed by atoms with Crippen molar-refractivity contribution in [3.05, 3.63) is 0 Å². The summed E-state index contributed by atoms with van der Waals surface area (Å²) in [6.45, 7) is 1.86. The molecule has 1 saturated heterocycles. The maximum Gasteiger partial charge on any atom is 0.323 e. The molecule has 0 aromatic rings. The minimum atomic E-state index is -1.21. The SMILES string of the molecule is CCC1(C(=O)N(CC(=O)O)CC(=O)O)CCNC1. The van der Waals surface area contributed by atoms with Crippen LogP contribution in [0.25, 0.3) is 0 Å². The quantitative estimate of drug-likeness (QED) is 0.586.